The molecule has 2 N–H and O–H groups in total. The van der Waals surface area contributed by atoms with Crippen molar-refractivity contribution in [2.45, 2.75) is 12.8 Å². The highest BCUT2D eigenvalue weighted by Crippen LogP contribution is 2.29. The topological polar surface area (TPSA) is 58.2 Å². The highest BCUT2D eigenvalue weighted by atomic mass is 32.2. The van der Waals surface area contributed by atoms with Crippen molar-refractivity contribution in [2.75, 3.05) is 25.9 Å². The monoisotopic (exact) mass is 192 g/mol. The van der Waals surface area contributed by atoms with E-state index in [4.69, 9.17) is 0 Å². The highest BCUT2D eigenvalue weighted by Gasteiger charge is 2.27. The van der Waals surface area contributed by atoms with Gasteiger partial charge in [-0.15, -0.1) is 0 Å². The van der Waals surface area contributed by atoms with Crippen LogP contribution in [0.5, 0.6) is 0 Å². The molecule has 12 heavy (non-hydrogen) atoms. The molecule has 0 unspecified atom stereocenters. The van der Waals surface area contributed by atoms with Crippen molar-refractivity contribution >= 4 is 10.0 Å². The fraction of sp³-hybridized carbons (Fsp3) is 1.00. The van der Waals surface area contributed by atoms with Gasteiger partial charge in [-0.3, -0.25) is 0 Å². The third-order valence-corrected chi connectivity index (χ3v) is 3.40. The summed E-state index contributed by atoms with van der Waals surface area (Å²) in [5.41, 5.74) is 0. The van der Waals surface area contributed by atoms with Crippen LogP contribution in [0, 0.1) is 5.92 Å². The molecule has 1 fully saturated rings. The molecule has 0 aromatic heterocycles. The summed E-state index contributed by atoms with van der Waals surface area (Å²) in [5.74, 6) is 0.744. The van der Waals surface area contributed by atoms with Gasteiger partial charge in [-0.25, -0.2) is 13.1 Å². The van der Waals surface area contributed by atoms with Crippen LogP contribution in [0.1, 0.15) is 12.8 Å². The molecule has 1 rings (SSSR count). The third kappa shape index (κ3) is 4.04. The fourth-order valence-electron chi connectivity index (χ4n) is 0.985. The molecular formula is C7H16N2O2S. The Bertz CT molecular complexity index is 222. The SMILES string of the molecule is CNCCNS(=O)(=O)CC1CC1. The van der Waals surface area contributed by atoms with Crippen LogP contribution < -0.4 is 10.0 Å². The number of likely N-dealkylation sites (N-methyl/N-ethyl adjacent to an activating group) is 1. The summed E-state index contributed by atoms with van der Waals surface area (Å²) in [5, 5.41) is 2.88. The van der Waals surface area contributed by atoms with E-state index in [-0.39, 0.29) is 0 Å². The summed E-state index contributed by atoms with van der Waals surface area (Å²) < 4.78 is 25.0. The Hall–Kier alpha value is -0.130. The summed E-state index contributed by atoms with van der Waals surface area (Å²) >= 11 is 0. The molecule has 5 heteroatoms. The number of rotatable bonds is 6. The first-order valence-corrected chi connectivity index (χ1v) is 5.91. The standard InChI is InChI=1S/C7H16N2O2S/c1-8-4-5-9-12(10,11)6-7-2-3-7/h7-9H,2-6H2,1H3. The van der Waals surface area contributed by atoms with Gasteiger partial charge < -0.3 is 5.32 Å². The third-order valence-electron chi connectivity index (χ3n) is 1.85. The molecular weight excluding hydrogens is 176 g/mol. The van der Waals surface area contributed by atoms with Crippen LogP contribution in [-0.2, 0) is 10.0 Å². The van der Waals surface area contributed by atoms with Gasteiger partial charge >= 0.3 is 0 Å². The second-order valence-electron chi connectivity index (χ2n) is 3.22. The van der Waals surface area contributed by atoms with Crippen LogP contribution in [0.3, 0.4) is 0 Å². The average molecular weight is 192 g/mol. The van der Waals surface area contributed by atoms with E-state index >= 15 is 0 Å². The normalized spacial score (nSPS) is 18.1. The Labute approximate surface area is 73.8 Å². The molecule has 1 aliphatic rings. The van der Waals surface area contributed by atoms with Crippen LogP contribution in [-0.4, -0.2) is 34.3 Å². The summed E-state index contributed by atoms with van der Waals surface area (Å²) in [7, 11) is -1.18. The Balaban J connectivity index is 2.17. The Morgan fingerprint density at radius 2 is 2.00 bits per heavy atom. The predicted molar refractivity (Wildman–Crippen MR) is 48.4 cm³/mol. The van der Waals surface area contributed by atoms with Crippen molar-refractivity contribution in [1.29, 1.82) is 0 Å². The first kappa shape index (κ1) is 9.95. The van der Waals surface area contributed by atoms with E-state index in [0.29, 0.717) is 24.8 Å². The quantitative estimate of drug-likeness (QED) is 0.560. The van der Waals surface area contributed by atoms with Crippen LogP contribution in [0.25, 0.3) is 0 Å². The highest BCUT2D eigenvalue weighted by molar-refractivity contribution is 7.89. The molecule has 0 spiro atoms. The second-order valence-corrected chi connectivity index (χ2v) is 5.07. The smallest absolute Gasteiger partial charge is 0.211 e. The van der Waals surface area contributed by atoms with E-state index in [0.717, 1.165) is 12.8 Å². The molecule has 1 aliphatic carbocycles. The van der Waals surface area contributed by atoms with Gasteiger partial charge in [-0.2, -0.15) is 0 Å². The maximum Gasteiger partial charge on any atom is 0.211 e. The van der Waals surface area contributed by atoms with Crippen LogP contribution >= 0.6 is 0 Å². The van der Waals surface area contributed by atoms with Crippen molar-refractivity contribution in [3.05, 3.63) is 0 Å². The first-order valence-electron chi connectivity index (χ1n) is 4.26. The van der Waals surface area contributed by atoms with Crippen LogP contribution in [0.15, 0.2) is 0 Å². The zero-order chi connectivity index (χ0) is 9.03. The van der Waals surface area contributed by atoms with Crippen molar-refractivity contribution < 1.29 is 8.42 Å². The Morgan fingerprint density at radius 3 is 2.50 bits per heavy atom. The molecule has 72 valence electrons. The summed E-state index contributed by atoms with van der Waals surface area (Å²) in [6.45, 7) is 1.18. The van der Waals surface area contributed by atoms with Crippen LogP contribution in [0.4, 0.5) is 0 Å². The predicted octanol–water partition coefficient (Wildman–Crippen LogP) is -0.465. The molecule has 0 aliphatic heterocycles. The van der Waals surface area contributed by atoms with Gasteiger partial charge in [0, 0.05) is 13.1 Å². The van der Waals surface area contributed by atoms with Crippen molar-refractivity contribution in [2.24, 2.45) is 5.92 Å². The minimum absolute atomic E-state index is 0.316. The van der Waals surface area contributed by atoms with Gasteiger partial charge in [0.25, 0.3) is 0 Å². The van der Waals surface area contributed by atoms with E-state index < -0.39 is 10.0 Å². The lowest BCUT2D eigenvalue weighted by Crippen LogP contribution is -2.32. The van der Waals surface area contributed by atoms with Crippen molar-refractivity contribution in [1.82, 2.24) is 10.0 Å². The lowest BCUT2D eigenvalue weighted by atomic mass is 10.5. The van der Waals surface area contributed by atoms with E-state index in [2.05, 4.69) is 10.0 Å². The largest absolute Gasteiger partial charge is 0.318 e. The average Bonchev–Trinajstić information content (AvgIpc) is 2.71. The van der Waals surface area contributed by atoms with Gasteiger partial charge in [0.15, 0.2) is 0 Å². The number of nitrogens with one attached hydrogen (secondary N) is 2. The van der Waals surface area contributed by atoms with Gasteiger partial charge in [0.2, 0.25) is 10.0 Å². The molecule has 0 bridgehead atoms. The van der Waals surface area contributed by atoms with Gasteiger partial charge in [-0.1, -0.05) is 0 Å². The van der Waals surface area contributed by atoms with Gasteiger partial charge in [-0.05, 0) is 25.8 Å². The van der Waals surface area contributed by atoms with Gasteiger partial charge in [0.05, 0.1) is 5.75 Å². The Morgan fingerprint density at radius 1 is 1.33 bits per heavy atom. The zero-order valence-electron chi connectivity index (χ0n) is 7.34. The molecule has 0 radical (unpaired) electrons. The molecule has 1 saturated carbocycles. The first-order chi connectivity index (χ1) is 5.64. The maximum atomic E-state index is 11.2. The fourth-order valence-corrected chi connectivity index (χ4v) is 2.47. The molecule has 4 nitrogen and oxygen atoms in total. The molecule has 0 aromatic rings. The lowest BCUT2D eigenvalue weighted by Gasteiger charge is -2.04. The number of hydrogen-bond donors (Lipinski definition) is 2. The molecule has 0 saturated heterocycles. The minimum Gasteiger partial charge on any atom is -0.318 e. The summed E-state index contributed by atoms with van der Waals surface area (Å²) in [6.07, 6.45) is 2.15. The summed E-state index contributed by atoms with van der Waals surface area (Å²) in [4.78, 5) is 0. The zero-order valence-corrected chi connectivity index (χ0v) is 8.15. The second kappa shape index (κ2) is 4.20. The molecule has 0 amide bonds. The van der Waals surface area contributed by atoms with Crippen molar-refractivity contribution in [3.63, 3.8) is 0 Å². The van der Waals surface area contributed by atoms with E-state index in [1.165, 1.54) is 0 Å². The van der Waals surface area contributed by atoms with E-state index in [9.17, 15) is 8.42 Å². The molecule has 0 atom stereocenters. The Kier molecular flexibility index (Phi) is 3.49. The number of hydrogen-bond acceptors (Lipinski definition) is 3. The minimum atomic E-state index is -2.98. The summed E-state index contributed by atoms with van der Waals surface area (Å²) in [6, 6.07) is 0. The molecule has 0 heterocycles. The maximum absolute atomic E-state index is 11.2. The lowest BCUT2D eigenvalue weighted by molar-refractivity contribution is 0.576. The molecule has 0 aromatic carbocycles. The van der Waals surface area contributed by atoms with Gasteiger partial charge in [0.1, 0.15) is 0 Å². The van der Waals surface area contributed by atoms with Crippen molar-refractivity contribution in [3.8, 4) is 0 Å². The van der Waals surface area contributed by atoms with Crippen LogP contribution in [0.2, 0.25) is 0 Å². The van der Waals surface area contributed by atoms with E-state index in [1.54, 1.807) is 7.05 Å². The van der Waals surface area contributed by atoms with E-state index in [1.807, 2.05) is 0 Å². The number of sulfonamides is 1.